The Hall–Kier alpha value is -2.45. The average molecular weight is 364 g/mol. The van der Waals surface area contributed by atoms with Crippen LogP contribution < -0.4 is 9.46 Å². The summed E-state index contributed by atoms with van der Waals surface area (Å²) in [5, 5.41) is 11.4. The predicted molar refractivity (Wildman–Crippen MR) is 94.4 cm³/mol. The van der Waals surface area contributed by atoms with Gasteiger partial charge in [0.15, 0.2) is 0 Å². The molecule has 7 nitrogen and oxygen atoms in total. The zero-order valence-corrected chi connectivity index (χ0v) is 15.3. The number of ether oxygens (including phenoxy) is 1. The van der Waals surface area contributed by atoms with Crippen molar-refractivity contribution >= 4 is 15.7 Å². The van der Waals surface area contributed by atoms with Gasteiger partial charge in [-0.25, -0.2) is 13.1 Å². The van der Waals surface area contributed by atoms with E-state index in [2.05, 4.69) is 4.72 Å². The molecular formula is C17H20N2O5S. The molecule has 134 valence electrons. The minimum absolute atomic E-state index is 0.0194. The van der Waals surface area contributed by atoms with Crippen molar-refractivity contribution in [2.75, 3.05) is 0 Å². The molecule has 2 aromatic carbocycles. The Bertz CT molecular complexity index is 901. The molecule has 1 N–H and O–H groups in total. The number of hydrogen-bond donors (Lipinski definition) is 1. The summed E-state index contributed by atoms with van der Waals surface area (Å²) in [5.74, 6) is 0.447. The number of benzene rings is 2. The molecule has 0 saturated heterocycles. The van der Waals surface area contributed by atoms with Crippen LogP contribution in [-0.2, 0) is 10.0 Å². The van der Waals surface area contributed by atoms with E-state index >= 15 is 0 Å². The number of para-hydroxylation sites is 1. The van der Waals surface area contributed by atoms with Crippen molar-refractivity contribution in [1.82, 2.24) is 4.72 Å². The molecule has 2 rings (SSSR count). The van der Waals surface area contributed by atoms with E-state index in [1.165, 1.54) is 12.1 Å². The molecule has 0 radical (unpaired) electrons. The highest BCUT2D eigenvalue weighted by Crippen LogP contribution is 2.34. The van der Waals surface area contributed by atoms with E-state index in [1.807, 2.05) is 19.1 Å². The van der Waals surface area contributed by atoms with Crippen molar-refractivity contribution in [2.45, 2.75) is 38.1 Å². The Morgan fingerprint density at radius 1 is 1.08 bits per heavy atom. The van der Waals surface area contributed by atoms with Crippen LogP contribution in [0.2, 0.25) is 0 Å². The maximum absolute atomic E-state index is 12.4. The van der Waals surface area contributed by atoms with Crippen LogP contribution >= 0.6 is 0 Å². The van der Waals surface area contributed by atoms with E-state index in [0.29, 0.717) is 5.75 Å². The summed E-state index contributed by atoms with van der Waals surface area (Å²) >= 11 is 0. The Balaban J connectivity index is 2.45. The Morgan fingerprint density at radius 2 is 1.72 bits per heavy atom. The molecule has 0 aliphatic carbocycles. The lowest BCUT2D eigenvalue weighted by Gasteiger charge is -2.20. The van der Waals surface area contributed by atoms with Gasteiger partial charge in [-0.05, 0) is 51.5 Å². The standard InChI is InChI=1S/C17H20N2O5S/c1-12-7-5-6-8-15(12)24-16-10-9-13(11-14(16)19(20)21)25(22,23)18-17(2,3)4/h5-11,18H,1-4H3. The van der Waals surface area contributed by atoms with E-state index in [9.17, 15) is 18.5 Å². The van der Waals surface area contributed by atoms with Gasteiger partial charge in [0.2, 0.25) is 15.8 Å². The van der Waals surface area contributed by atoms with Gasteiger partial charge in [0.1, 0.15) is 5.75 Å². The molecular weight excluding hydrogens is 344 g/mol. The predicted octanol–water partition coefficient (Wildman–Crippen LogP) is 3.77. The minimum atomic E-state index is -3.88. The smallest absolute Gasteiger partial charge is 0.312 e. The third-order valence-electron chi connectivity index (χ3n) is 3.19. The summed E-state index contributed by atoms with van der Waals surface area (Å²) < 4.78 is 32.8. The molecule has 0 atom stereocenters. The fraction of sp³-hybridized carbons (Fsp3) is 0.294. The molecule has 0 amide bonds. The first-order valence-electron chi connectivity index (χ1n) is 7.55. The number of nitro groups is 1. The molecule has 0 aliphatic heterocycles. The van der Waals surface area contributed by atoms with Gasteiger partial charge in [0.25, 0.3) is 0 Å². The first-order valence-corrected chi connectivity index (χ1v) is 9.04. The topological polar surface area (TPSA) is 98.5 Å². The zero-order valence-electron chi connectivity index (χ0n) is 14.4. The Morgan fingerprint density at radius 3 is 2.28 bits per heavy atom. The highest BCUT2D eigenvalue weighted by molar-refractivity contribution is 7.89. The van der Waals surface area contributed by atoms with Crippen molar-refractivity contribution < 1.29 is 18.1 Å². The van der Waals surface area contributed by atoms with E-state index in [0.717, 1.165) is 11.6 Å². The number of nitrogens with one attached hydrogen (secondary N) is 1. The fourth-order valence-electron chi connectivity index (χ4n) is 2.14. The summed E-state index contributed by atoms with van der Waals surface area (Å²) in [6.07, 6.45) is 0. The molecule has 0 heterocycles. The molecule has 0 bridgehead atoms. The maximum atomic E-state index is 12.4. The van der Waals surface area contributed by atoms with Gasteiger partial charge < -0.3 is 4.74 Å². The highest BCUT2D eigenvalue weighted by atomic mass is 32.2. The van der Waals surface area contributed by atoms with Gasteiger partial charge in [-0.3, -0.25) is 10.1 Å². The third-order valence-corrected chi connectivity index (χ3v) is 4.95. The molecule has 0 fully saturated rings. The molecule has 25 heavy (non-hydrogen) atoms. The number of sulfonamides is 1. The first-order chi connectivity index (χ1) is 11.5. The average Bonchev–Trinajstić information content (AvgIpc) is 2.47. The lowest BCUT2D eigenvalue weighted by atomic mass is 10.1. The number of aryl methyl sites for hydroxylation is 1. The van der Waals surface area contributed by atoms with Crippen LogP contribution in [0.5, 0.6) is 11.5 Å². The largest absolute Gasteiger partial charge is 0.450 e. The van der Waals surface area contributed by atoms with Crippen LogP contribution in [0.1, 0.15) is 26.3 Å². The number of hydrogen-bond acceptors (Lipinski definition) is 5. The molecule has 2 aromatic rings. The summed E-state index contributed by atoms with van der Waals surface area (Å²) in [5.41, 5.74) is -0.313. The number of rotatable bonds is 5. The van der Waals surface area contributed by atoms with Crippen LogP contribution in [0.25, 0.3) is 0 Å². The number of nitro benzene ring substituents is 1. The SMILES string of the molecule is Cc1ccccc1Oc1ccc(S(=O)(=O)NC(C)(C)C)cc1[N+](=O)[O-]. The maximum Gasteiger partial charge on any atom is 0.312 e. The summed E-state index contributed by atoms with van der Waals surface area (Å²) in [4.78, 5) is 10.5. The second-order valence-electron chi connectivity index (χ2n) is 6.61. The lowest BCUT2D eigenvalue weighted by Crippen LogP contribution is -2.40. The second-order valence-corrected chi connectivity index (χ2v) is 8.29. The van der Waals surface area contributed by atoms with E-state index in [1.54, 1.807) is 32.9 Å². The highest BCUT2D eigenvalue weighted by Gasteiger charge is 2.26. The van der Waals surface area contributed by atoms with Crippen molar-refractivity contribution in [1.29, 1.82) is 0 Å². The van der Waals surface area contributed by atoms with Gasteiger partial charge in [-0.2, -0.15) is 0 Å². The van der Waals surface area contributed by atoms with Crippen molar-refractivity contribution in [3.8, 4) is 11.5 Å². The van der Waals surface area contributed by atoms with Crippen LogP contribution in [0.15, 0.2) is 47.4 Å². The van der Waals surface area contributed by atoms with Crippen LogP contribution in [0.3, 0.4) is 0 Å². The normalized spacial score (nSPS) is 12.0. The first kappa shape index (κ1) is 18.9. The quantitative estimate of drug-likeness (QED) is 0.643. The van der Waals surface area contributed by atoms with Gasteiger partial charge >= 0.3 is 5.69 Å². The van der Waals surface area contributed by atoms with Crippen LogP contribution in [0, 0.1) is 17.0 Å². The lowest BCUT2D eigenvalue weighted by molar-refractivity contribution is -0.385. The molecule has 0 aromatic heterocycles. The van der Waals surface area contributed by atoms with Crippen LogP contribution in [0.4, 0.5) is 5.69 Å². The van der Waals surface area contributed by atoms with Gasteiger partial charge in [-0.15, -0.1) is 0 Å². The van der Waals surface area contributed by atoms with E-state index in [4.69, 9.17) is 4.74 Å². The minimum Gasteiger partial charge on any atom is -0.450 e. The Kier molecular flexibility index (Phi) is 5.15. The third kappa shape index (κ3) is 4.77. The van der Waals surface area contributed by atoms with Crippen molar-refractivity contribution in [3.63, 3.8) is 0 Å². The molecule has 0 spiro atoms. The van der Waals surface area contributed by atoms with Crippen LogP contribution in [-0.4, -0.2) is 18.9 Å². The molecule has 0 aliphatic rings. The van der Waals surface area contributed by atoms with Gasteiger partial charge in [-0.1, -0.05) is 18.2 Å². The number of nitrogens with zero attached hydrogens (tertiary/aromatic N) is 1. The van der Waals surface area contributed by atoms with Gasteiger partial charge in [0, 0.05) is 11.6 Å². The molecule has 8 heteroatoms. The summed E-state index contributed by atoms with van der Waals surface area (Å²) in [7, 11) is -3.88. The van der Waals surface area contributed by atoms with Gasteiger partial charge in [0.05, 0.1) is 9.82 Å². The van der Waals surface area contributed by atoms with E-state index in [-0.39, 0.29) is 10.6 Å². The monoisotopic (exact) mass is 364 g/mol. The van der Waals surface area contributed by atoms with Crippen molar-refractivity contribution in [3.05, 3.63) is 58.1 Å². The Labute approximate surface area is 146 Å². The van der Waals surface area contributed by atoms with E-state index < -0.39 is 26.2 Å². The molecule has 0 unspecified atom stereocenters. The zero-order chi connectivity index (χ0) is 18.8. The summed E-state index contributed by atoms with van der Waals surface area (Å²) in [6, 6.07) is 10.7. The fourth-order valence-corrected chi connectivity index (χ4v) is 3.58. The molecule has 0 saturated carbocycles. The second kappa shape index (κ2) is 6.81. The van der Waals surface area contributed by atoms with Crippen molar-refractivity contribution in [2.24, 2.45) is 0 Å². The summed E-state index contributed by atoms with van der Waals surface area (Å²) in [6.45, 7) is 6.88.